The van der Waals surface area contributed by atoms with E-state index in [1.54, 1.807) is 27.7 Å². The van der Waals surface area contributed by atoms with Gasteiger partial charge in [-0.25, -0.2) is 4.79 Å². The van der Waals surface area contributed by atoms with Crippen LogP contribution in [-0.4, -0.2) is 37.1 Å². The molecule has 6 nitrogen and oxygen atoms in total. The highest BCUT2D eigenvalue weighted by atomic mass is 16.5. The molecule has 0 radical (unpaired) electrons. The molecule has 0 spiro atoms. The first-order valence-corrected chi connectivity index (χ1v) is 8.61. The minimum Gasteiger partial charge on any atom is -0.459 e. The first kappa shape index (κ1) is 19.6. The molecule has 2 rings (SSSR count). The van der Waals surface area contributed by atoms with Gasteiger partial charge < -0.3 is 19.9 Å². The van der Waals surface area contributed by atoms with Crippen molar-refractivity contribution in [3.05, 3.63) is 46.3 Å². The van der Waals surface area contributed by atoms with Crippen LogP contribution in [0.5, 0.6) is 0 Å². The second-order valence-electron chi connectivity index (χ2n) is 6.93. The third-order valence-electron chi connectivity index (χ3n) is 4.19. The van der Waals surface area contributed by atoms with E-state index in [0.29, 0.717) is 22.5 Å². The van der Waals surface area contributed by atoms with E-state index in [2.05, 4.69) is 10.3 Å². The zero-order valence-corrected chi connectivity index (χ0v) is 16.5. The monoisotopic (exact) mass is 357 g/mol. The Bertz CT molecular complexity index is 835. The number of rotatable bonds is 5. The van der Waals surface area contributed by atoms with Crippen LogP contribution in [-0.2, 0) is 4.74 Å². The number of aromatic amines is 1. The van der Waals surface area contributed by atoms with Crippen molar-refractivity contribution in [3.8, 4) is 0 Å². The lowest BCUT2D eigenvalue weighted by atomic mass is 10.1. The number of aromatic nitrogens is 1. The summed E-state index contributed by atoms with van der Waals surface area (Å²) in [6.45, 7) is 9.04. The Morgan fingerprint density at radius 3 is 2.35 bits per heavy atom. The molecule has 0 bridgehead atoms. The molecule has 1 amide bonds. The molecule has 0 aliphatic heterocycles. The molecule has 0 aliphatic rings. The zero-order chi connectivity index (χ0) is 19.6. The highest BCUT2D eigenvalue weighted by molar-refractivity contribution is 6.07. The van der Waals surface area contributed by atoms with Gasteiger partial charge in [0, 0.05) is 31.2 Å². The number of carbonyl (C=O) groups excluding carboxylic acids is 2. The van der Waals surface area contributed by atoms with Gasteiger partial charge in [0.25, 0.3) is 5.91 Å². The summed E-state index contributed by atoms with van der Waals surface area (Å²) in [5.74, 6) is -0.702. The number of amides is 1. The first-order valence-electron chi connectivity index (χ1n) is 8.61. The molecule has 1 aromatic heterocycles. The lowest BCUT2D eigenvalue weighted by Crippen LogP contribution is -2.16. The maximum Gasteiger partial charge on any atom is 0.340 e. The molecule has 0 aliphatic carbocycles. The quantitative estimate of drug-likeness (QED) is 0.798. The minimum atomic E-state index is -0.420. The van der Waals surface area contributed by atoms with E-state index in [-0.39, 0.29) is 12.0 Å². The summed E-state index contributed by atoms with van der Waals surface area (Å²) in [5, 5.41) is 2.91. The molecule has 0 unspecified atom stereocenters. The van der Waals surface area contributed by atoms with Crippen LogP contribution in [0.25, 0.3) is 0 Å². The number of H-pyrrole nitrogens is 1. The number of esters is 1. The predicted molar refractivity (Wildman–Crippen MR) is 104 cm³/mol. The van der Waals surface area contributed by atoms with Crippen molar-refractivity contribution >= 4 is 23.3 Å². The van der Waals surface area contributed by atoms with Gasteiger partial charge in [-0.15, -0.1) is 0 Å². The van der Waals surface area contributed by atoms with Gasteiger partial charge in [-0.2, -0.15) is 0 Å². The summed E-state index contributed by atoms with van der Waals surface area (Å²) in [4.78, 5) is 30.0. The van der Waals surface area contributed by atoms with Crippen molar-refractivity contribution in [3.63, 3.8) is 0 Å². The van der Waals surface area contributed by atoms with E-state index in [4.69, 9.17) is 4.74 Å². The van der Waals surface area contributed by atoms with Gasteiger partial charge in [-0.05, 0) is 63.9 Å². The number of anilines is 2. The molecule has 1 aromatic carbocycles. The molecule has 2 N–H and O–H groups in total. The molecule has 26 heavy (non-hydrogen) atoms. The van der Waals surface area contributed by atoms with Gasteiger partial charge in [0.15, 0.2) is 0 Å². The first-order chi connectivity index (χ1) is 12.1. The minimum absolute atomic E-state index is 0.216. The highest BCUT2D eigenvalue weighted by Gasteiger charge is 2.24. The van der Waals surface area contributed by atoms with Crippen LogP contribution in [0.15, 0.2) is 18.2 Å². The van der Waals surface area contributed by atoms with Gasteiger partial charge in [-0.3, -0.25) is 4.79 Å². The van der Waals surface area contributed by atoms with E-state index >= 15 is 0 Å². The van der Waals surface area contributed by atoms with Crippen LogP contribution < -0.4 is 10.2 Å². The van der Waals surface area contributed by atoms with Crippen LogP contribution in [0.2, 0.25) is 0 Å². The number of nitrogens with zero attached hydrogens (tertiary/aromatic N) is 1. The number of hydrogen-bond acceptors (Lipinski definition) is 4. The van der Waals surface area contributed by atoms with Crippen molar-refractivity contribution < 1.29 is 14.3 Å². The van der Waals surface area contributed by atoms with Crippen molar-refractivity contribution in [2.75, 3.05) is 24.3 Å². The lowest BCUT2D eigenvalue weighted by Gasteiger charge is -2.15. The van der Waals surface area contributed by atoms with E-state index in [1.807, 2.05) is 44.1 Å². The van der Waals surface area contributed by atoms with Gasteiger partial charge in [-0.1, -0.05) is 0 Å². The fourth-order valence-corrected chi connectivity index (χ4v) is 2.81. The Balaban J connectivity index is 2.27. The molecule has 0 saturated heterocycles. The van der Waals surface area contributed by atoms with Gasteiger partial charge in [0.1, 0.15) is 5.69 Å². The standard InChI is InChI=1S/C20H27N3O3/c1-11(2)26-20(25)17-13(4)18(21-14(17)5)19(24)22-16-9-8-15(23(6)7)10-12(16)3/h8-11,21H,1-7H3,(H,22,24). The molecule has 1 heterocycles. The van der Waals surface area contributed by atoms with E-state index in [9.17, 15) is 9.59 Å². The van der Waals surface area contributed by atoms with Crippen LogP contribution in [0.3, 0.4) is 0 Å². The Labute approximate surface area is 154 Å². The summed E-state index contributed by atoms with van der Waals surface area (Å²) in [6.07, 6.45) is -0.216. The molecule has 2 aromatic rings. The molecular weight excluding hydrogens is 330 g/mol. The summed E-state index contributed by atoms with van der Waals surface area (Å²) in [5.41, 5.74) is 4.76. The summed E-state index contributed by atoms with van der Waals surface area (Å²) >= 11 is 0. The summed E-state index contributed by atoms with van der Waals surface area (Å²) in [7, 11) is 3.94. The molecule has 0 fully saturated rings. The molecule has 140 valence electrons. The van der Waals surface area contributed by atoms with Crippen molar-refractivity contribution in [2.45, 2.75) is 40.7 Å². The van der Waals surface area contributed by atoms with Crippen LogP contribution in [0.1, 0.15) is 51.5 Å². The van der Waals surface area contributed by atoms with E-state index < -0.39 is 5.97 Å². The Morgan fingerprint density at radius 2 is 1.81 bits per heavy atom. The Hall–Kier alpha value is -2.76. The topological polar surface area (TPSA) is 74.4 Å². The molecule has 0 atom stereocenters. The lowest BCUT2D eigenvalue weighted by molar-refractivity contribution is 0.0376. The van der Waals surface area contributed by atoms with Crippen molar-refractivity contribution in [2.24, 2.45) is 0 Å². The predicted octanol–water partition coefficient (Wildman–Crippen LogP) is 3.82. The maximum absolute atomic E-state index is 12.7. The second kappa shape index (κ2) is 7.64. The summed E-state index contributed by atoms with van der Waals surface area (Å²) < 4.78 is 5.27. The Kier molecular flexibility index (Phi) is 5.75. The number of aryl methyl sites for hydroxylation is 2. The van der Waals surface area contributed by atoms with Crippen LogP contribution in [0.4, 0.5) is 11.4 Å². The SMILES string of the molecule is Cc1cc(N(C)C)ccc1NC(=O)c1[nH]c(C)c(C(=O)OC(C)C)c1C. The number of carbonyl (C=O) groups is 2. The van der Waals surface area contributed by atoms with Gasteiger partial charge in [0.05, 0.1) is 11.7 Å². The number of ether oxygens (including phenoxy) is 1. The van der Waals surface area contributed by atoms with E-state index in [1.165, 1.54) is 0 Å². The molecule has 6 heteroatoms. The summed E-state index contributed by atoms with van der Waals surface area (Å²) in [6, 6.07) is 5.83. The smallest absolute Gasteiger partial charge is 0.340 e. The highest BCUT2D eigenvalue weighted by Crippen LogP contribution is 2.24. The Morgan fingerprint density at radius 1 is 1.15 bits per heavy atom. The largest absolute Gasteiger partial charge is 0.459 e. The van der Waals surface area contributed by atoms with Crippen molar-refractivity contribution in [1.82, 2.24) is 4.98 Å². The molecular formula is C20H27N3O3. The number of benzene rings is 1. The second-order valence-corrected chi connectivity index (χ2v) is 6.93. The number of hydrogen-bond donors (Lipinski definition) is 2. The average molecular weight is 357 g/mol. The fraction of sp³-hybridized carbons (Fsp3) is 0.400. The molecule has 0 saturated carbocycles. The fourth-order valence-electron chi connectivity index (χ4n) is 2.81. The average Bonchev–Trinajstić information content (AvgIpc) is 2.83. The maximum atomic E-state index is 12.7. The van der Waals surface area contributed by atoms with Crippen LogP contribution in [0, 0.1) is 20.8 Å². The van der Waals surface area contributed by atoms with Crippen molar-refractivity contribution in [1.29, 1.82) is 0 Å². The zero-order valence-electron chi connectivity index (χ0n) is 16.5. The van der Waals surface area contributed by atoms with Crippen LogP contribution >= 0.6 is 0 Å². The van der Waals surface area contributed by atoms with Gasteiger partial charge >= 0.3 is 5.97 Å². The van der Waals surface area contributed by atoms with E-state index in [0.717, 1.165) is 16.9 Å². The third kappa shape index (κ3) is 4.07. The third-order valence-corrected chi connectivity index (χ3v) is 4.19. The number of nitrogens with one attached hydrogen (secondary N) is 2. The van der Waals surface area contributed by atoms with Gasteiger partial charge in [0.2, 0.25) is 0 Å². The normalized spacial score (nSPS) is 10.8.